The normalized spacial score (nSPS) is 26.9. The Kier molecular flexibility index (Phi) is 3.67. The highest BCUT2D eigenvalue weighted by atomic mass is 15.2. The average Bonchev–Trinajstić information content (AvgIpc) is 2.32. The SMILES string of the molecule is CC1CCC(C)N(c2ccc([C@H](C)N)cn2)C1. The third-order valence-electron chi connectivity index (χ3n) is 3.71. The Morgan fingerprint density at radius 2 is 2.12 bits per heavy atom. The zero-order valence-electron chi connectivity index (χ0n) is 11.1. The molecule has 1 aromatic rings. The molecule has 17 heavy (non-hydrogen) atoms. The number of hydrogen-bond donors (Lipinski definition) is 1. The van der Waals surface area contributed by atoms with Crippen molar-refractivity contribution in [3.05, 3.63) is 23.9 Å². The molecule has 0 amide bonds. The van der Waals surface area contributed by atoms with Crippen LogP contribution in [0.5, 0.6) is 0 Å². The van der Waals surface area contributed by atoms with Gasteiger partial charge in [0.05, 0.1) is 0 Å². The van der Waals surface area contributed by atoms with Gasteiger partial charge in [0.15, 0.2) is 0 Å². The molecule has 0 aromatic carbocycles. The Hall–Kier alpha value is -1.09. The van der Waals surface area contributed by atoms with Crippen LogP contribution in [0.3, 0.4) is 0 Å². The minimum Gasteiger partial charge on any atom is -0.354 e. The van der Waals surface area contributed by atoms with Crippen molar-refractivity contribution >= 4 is 5.82 Å². The van der Waals surface area contributed by atoms with Crippen molar-refractivity contribution in [2.45, 2.75) is 45.7 Å². The maximum Gasteiger partial charge on any atom is 0.128 e. The van der Waals surface area contributed by atoms with Crippen molar-refractivity contribution in [2.24, 2.45) is 11.7 Å². The second-order valence-electron chi connectivity index (χ2n) is 5.42. The Morgan fingerprint density at radius 1 is 1.35 bits per heavy atom. The summed E-state index contributed by atoms with van der Waals surface area (Å²) in [5.74, 6) is 1.86. The van der Waals surface area contributed by atoms with Crippen molar-refractivity contribution in [3.63, 3.8) is 0 Å². The summed E-state index contributed by atoms with van der Waals surface area (Å²) in [7, 11) is 0. The van der Waals surface area contributed by atoms with E-state index in [1.54, 1.807) is 0 Å². The van der Waals surface area contributed by atoms with Crippen LogP contribution in [0, 0.1) is 5.92 Å². The molecule has 94 valence electrons. The quantitative estimate of drug-likeness (QED) is 0.854. The molecular formula is C14H23N3. The fourth-order valence-electron chi connectivity index (χ4n) is 2.44. The lowest BCUT2D eigenvalue weighted by Gasteiger charge is -2.37. The lowest BCUT2D eigenvalue weighted by molar-refractivity contribution is 0.388. The van der Waals surface area contributed by atoms with E-state index in [9.17, 15) is 0 Å². The van der Waals surface area contributed by atoms with Gasteiger partial charge < -0.3 is 10.6 Å². The van der Waals surface area contributed by atoms with Crippen LogP contribution in [-0.4, -0.2) is 17.6 Å². The maximum atomic E-state index is 5.84. The van der Waals surface area contributed by atoms with Crippen LogP contribution in [0.2, 0.25) is 0 Å². The number of aromatic nitrogens is 1. The van der Waals surface area contributed by atoms with Gasteiger partial charge >= 0.3 is 0 Å². The van der Waals surface area contributed by atoms with Gasteiger partial charge in [-0.2, -0.15) is 0 Å². The van der Waals surface area contributed by atoms with Gasteiger partial charge in [-0.1, -0.05) is 13.0 Å². The van der Waals surface area contributed by atoms with Crippen LogP contribution in [0.15, 0.2) is 18.3 Å². The van der Waals surface area contributed by atoms with Crippen LogP contribution in [0.1, 0.15) is 45.2 Å². The van der Waals surface area contributed by atoms with Gasteiger partial charge in [0.2, 0.25) is 0 Å². The molecule has 2 heterocycles. The molecule has 1 aliphatic rings. The van der Waals surface area contributed by atoms with E-state index in [0.717, 1.165) is 23.8 Å². The standard InChI is InChI=1S/C14H23N3/c1-10-4-5-11(2)17(9-10)14-7-6-13(8-16-14)12(3)15/h6-8,10-12H,4-5,9,15H2,1-3H3/t10?,11?,12-/m0/s1. The van der Waals surface area contributed by atoms with Crippen molar-refractivity contribution < 1.29 is 0 Å². The third-order valence-corrected chi connectivity index (χ3v) is 3.71. The largest absolute Gasteiger partial charge is 0.354 e. The summed E-state index contributed by atoms with van der Waals surface area (Å²) in [6, 6.07) is 4.86. The topological polar surface area (TPSA) is 42.1 Å². The molecule has 1 aromatic heterocycles. The first-order valence-electron chi connectivity index (χ1n) is 6.56. The lowest BCUT2D eigenvalue weighted by atomic mass is 9.95. The van der Waals surface area contributed by atoms with E-state index in [4.69, 9.17) is 5.73 Å². The van der Waals surface area contributed by atoms with Crippen molar-refractivity contribution in [1.29, 1.82) is 0 Å². The number of rotatable bonds is 2. The summed E-state index contributed by atoms with van der Waals surface area (Å²) in [6.45, 7) is 7.70. The number of nitrogens with two attached hydrogens (primary N) is 1. The fourth-order valence-corrected chi connectivity index (χ4v) is 2.44. The predicted molar refractivity (Wildman–Crippen MR) is 72.0 cm³/mol. The van der Waals surface area contributed by atoms with E-state index in [1.807, 2.05) is 13.1 Å². The van der Waals surface area contributed by atoms with Crippen LogP contribution in [0.25, 0.3) is 0 Å². The number of pyridine rings is 1. The molecule has 2 rings (SSSR count). The Morgan fingerprint density at radius 3 is 2.71 bits per heavy atom. The molecule has 1 saturated heterocycles. The Balaban J connectivity index is 2.15. The molecule has 2 N–H and O–H groups in total. The van der Waals surface area contributed by atoms with E-state index >= 15 is 0 Å². The van der Waals surface area contributed by atoms with Gasteiger partial charge in [0.1, 0.15) is 5.82 Å². The van der Waals surface area contributed by atoms with E-state index in [1.165, 1.54) is 12.8 Å². The summed E-state index contributed by atoms with van der Waals surface area (Å²) in [6.07, 6.45) is 4.50. The van der Waals surface area contributed by atoms with Gasteiger partial charge in [-0.05, 0) is 44.2 Å². The van der Waals surface area contributed by atoms with Crippen LogP contribution < -0.4 is 10.6 Å². The first-order valence-corrected chi connectivity index (χ1v) is 6.56. The minimum absolute atomic E-state index is 0.0641. The summed E-state index contributed by atoms with van der Waals surface area (Å²) in [5.41, 5.74) is 6.94. The second kappa shape index (κ2) is 5.05. The van der Waals surface area contributed by atoms with Crippen molar-refractivity contribution in [3.8, 4) is 0 Å². The van der Waals surface area contributed by atoms with Crippen LogP contribution in [0.4, 0.5) is 5.82 Å². The highest BCUT2D eigenvalue weighted by molar-refractivity contribution is 5.41. The molecule has 3 nitrogen and oxygen atoms in total. The lowest BCUT2D eigenvalue weighted by Crippen LogP contribution is -2.41. The average molecular weight is 233 g/mol. The van der Waals surface area contributed by atoms with Crippen molar-refractivity contribution in [1.82, 2.24) is 4.98 Å². The van der Waals surface area contributed by atoms with Gasteiger partial charge in [0, 0.05) is 24.8 Å². The molecule has 0 bridgehead atoms. The third kappa shape index (κ3) is 2.78. The zero-order valence-corrected chi connectivity index (χ0v) is 11.1. The monoisotopic (exact) mass is 233 g/mol. The molecule has 3 heteroatoms. The van der Waals surface area contributed by atoms with Crippen LogP contribution >= 0.6 is 0 Å². The highest BCUT2D eigenvalue weighted by Crippen LogP contribution is 2.26. The first-order chi connectivity index (χ1) is 8.08. The summed E-state index contributed by atoms with van der Waals surface area (Å²) < 4.78 is 0. The maximum absolute atomic E-state index is 5.84. The first kappa shape index (κ1) is 12.4. The zero-order chi connectivity index (χ0) is 12.4. The van der Waals surface area contributed by atoms with Gasteiger partial charge in [-0.15, -0.1) is 0 Å². The van der Waals surface area contributed by atoms with E-state index in [2.05, 4.69) is 35.9 Å². The van der Waals surface area contributed by atoms with E-state index < -0.39 is 0 Å². The predicted octanol–water partition coefficient (Wildman–Crippen LogP) is 2.73. The van der Waals surface area contributed by atoms with E-state index in [-0.39, 0.29) is 6.04 Å². The molecule has 0 radical (unpaired) electrons. The van der Waals surface area contributed by atoms with Crippen LogP contribution in [-0.2, 0) is 0 Å². The molecular weight excluding hydrogens is 210 g/mol. The molecule has 0 aliphatic carbocycles. The van der Waals surface area contributed by atoms with Gasteiger partial charge in [-0.25, -0.2) is 4.98 Å². The summed E-state index contributed by atoms with van der Waals surface area (Å²) in [5, 5.41) is 0. The summed E-state index contributed by atoms with van der Waals surface area (Å²) in [4.78, 5) is 6.97. The molecule has 2 unspecified atom stereocenters. The number of piperidine rings is 1. The van der Waals surface area contributed by atoms with E-state index in [0.29, 0.717) is 6.04 Å². The molecule has 3 atom stereocenters. The highest BCUT2D eigenvalue weighted by Gasteiger charge is 2.23. The van der Waals surface area contributed by atoms with Crippen molar-refractivity contribution in [2.75, 3.05) is 11.4 Å². The smallest absolute Gasteiger partial charge is 0.128 e. The fraction of sp³-hybridized carbons (Fsp3) is 0.643. The Bertz CT molecular complexity index is 358. The van der Waals surface area contributed by atoms with Gasteiger partial charge in [-0.3, -0.25) is 0 Å². The minimum atomic E-state index is 0.0641. The number of anilines is 1. The van der Waals surface area contributed by atoms with Gasteiger partial charge in [0.25, 0.3) is 0 Å². The Labute approximate surface area is 104 Å². The molecule has 1 fully saturated rings. The molecule has 0 spiro atoms. The molecule has 0 saturated carbocycles. The molecule has 1 aliphatic heterocycles. The summed E-state index contributed by atoms with van der Waals surface area (Å²) >= 11 is 0. The number of hydrogen-bond acceptors (Lipinski definition) is 3. The second-order valence-corrected chi connectivity index (χ2v) is 5.42. The number of nitrogens with zero attached hydrogens (tertiary/aromatic N) is 2.